The fraction of sp³-hybridized carbons (Fsp3) is 0.438. The summed E-state index contributed by atoms with van der Waals surface area (Å²) in [7, 11) is 0. The highest BCUT2D eigenvalue weighted by Crippen LogP contribution is 2.16. The Hall–Kier alpha value is -1.37. The molecular formula is C16H26O. The standard InChI is InChI=1S/C12H14O.2C2H6/c1-4-6-11-9(2)7-5-8-12(11)10(3)13;2*1-2/h4-8H,1-3H3;2*1-2H3/b6-4-;;. The number of allylic oxidation sites excluding steroid dienone is 1. The molecule has 0 unspecified atom stereocenters. The van der Waals surface area contributed by atoms with Crippen molar-refractivity contribution in [3.63, 3.8) is 0 Å². The zero-order valence-electron chi connectivity index (χ0n) is 12.3. The average Bonchev–Trinajstić information content (AvgIpc) is 2.36. The van der Waals surface area contributed by atoms with Gasteiger partial charge in [-0.2, -0.15) is 0 Å². The largest absolute Gasteiger partial charge is 0.294 e. The van der Waals surface area contributed by atoms with E-state index in [0.717, 1.165) is 16.7 Å². The van der Waals surface area contributed by atoms with E-state index in [2.05, 4.69) is 0 Å². The van der Waals surface area contributed by atoms with Crippen molar-refractivity contribution in [2.75, 3.05) is 0 Å². The maximum Gasteiger partial charge on any atom is 0.160 e. The van der Waals surface area contributed by atoms with Gasteiger partial charge in [0.2, 0.25) is 0 Å². The van der Waals surface area contributed by atoms with E-state index in [1.165, 1.54) is 0 Å². The molecule has 0 spiro atoms. The summed E-state index contributed by atoms with van der Waals surface area (Å²) in [6.45, 7) is 13.6. The molecule has 1 aromatic carbocycles. The Morgan fingerprint density at radius 2 is 1.65 bits per heavy atom. The summed E-state index contributed by atoms with van der Waals surface area (Å²) in [6.07, 6.45) is 3.93. The van der Waals surface area contributed by atoms with Crippen LogP contribution in [0, 0.1) is 6.92 Å². The summed E-state index contributed by atoms with van der Waals surface area (Å²) >= 11 is 0. The highest BCUT2D eigenvalue weighted by Gasteiger charge is 2.05. The Balaban J connectivity index is 0. The maximum atomic E-state index is 11.3. The fourth-order valence-corrected chi connectivity index (χ4v) is 1.38. The number of carbonyl (C=O) groups excluding carboxylic acids is 1. The zero-order chi connectivity index (χ0) is 13.8. The van der Waals surface area contributed by atoms with Gasteiger partial charge >= 0.3 is 0 Å². The fourth-order valence-electron chi connectivity index (χ4n) is 1.38. The summed E-state index contributed by atoms with van der Waals surface area (Å²) in [6, 6.07) is 5.80. The average molecular weight is 234 g/mol. The number of rotatable bonds is 2. The van der Waals surface area contributed by atoms with Gasteiger partial charge in [-0.05, 0) is 31.9 Å². The number of benzene rings is 1. The van der Waals surface area contributed by atoms with Crippen LogP contribution >= 0.6 is 0 Å². The summed E-state index contributed by atoms with van der Waals surface area (Å²) in [5.74, 6) is 0.122. The van der Waals surface area contributed by atoms with Gasteiger partial charge in [0.05, 0.1) is 0 Å². The van der Waals surface area contributed by atoms with Crippen molar-refractivity contribution >= 4 is 11.9 Å². The van der Waals surface area contributed by atoms with Crippen LogP contribution in [0.4, 0.5) is 0 Å². The van der Waals surface area contributed by atoms with Crippen LogP contribution in [0.1, 0.15) is 63.0 Å². The predicted octanol–water partition coefficient (Wildman–Crippen LogP) is 5.28. The topological polar surface area (TPSA) is 17.1 Å². The Bertz CT molecular complexity index is 349. The smallest absolute Gasteiger partial charge is 0.160 e. The third kappa shape index (κ3) is 6.06. The summed E-state index contributed by atoms with van der Waals surface area (Å²) in [5, 5.41) is 0. The molecule has 0 amide bonds. The van der Waals surface area contributed by atoms with Crippen LogP contribution in [0.5, 0.6) is 0 Å². The number of ketones is 1. The molecule has 0 N–H and O–H groups in total. The van der Waals surface area contributed by atoms with Crippen molar-refractivity contribution in [3.8, 4) is 0 Å². The summed E-state index contributed by atoms with van der Waals surface area (Å²) in [5.41, 5.74) is 2.99. The van der Waals surface area contributed by atoms with Crippen molar-refractivity contribution in [2.24, 2.45) is 0 Å². The number of hydrogen-bond donors (Lipinski definition) is 0. The molecule has 1 heteroatoms. The van der Waals surface area contributed by atoms with E-state index in [1.54, 1.807) is 6.92 Å². The normalized spacial score (nSPS) is 8.88. The van der Waals surface area contributed by atoms with Gasteiger partial charge in [-0.3, -0.25) is 4.79 Å². The molecule has 0 saturated carbocycles. The minimum Gasteiger partial charge on any atom is -0.294 e. The van der Waals surface area contributed by atoms with Crippen molar-refractivity contribution in [3.05, 3.63) is 41.0 Å². The van der Waals surface area contributed by atoms with Crippen molar-refractivity contribution < 1.29 is 4.79 Å². The van der Waals surface area contributed by atoms with Crippen molar-refractivity contribution in [1.82, 2.24) is 0 Å². The van der Waals surface area contributed by atoms with Crippen LogP contribution in [0.25, 0.3) is 6.08 Å². The molecule has 0 saturated heterocycles. The number of Topliss-reactive ketones (excluding diaryl/α,β-unsaturated/α-hetero) is 1. The molecule has 0 aromatic heterocycles. The Labute approximate surface area is 107 Å². The lowest BCUT2D eigenvalue weighted by molar-refractivity contribution is 0.101. The lowest BCUT2D eigenvalue weighted by atomic mass is 9.99. The maximum absolute atomic E-state index is 11.3. The van der Waals surface area contributed by atoms with Gasteiger partial charge in [-0.25, -0.2) is 0 Å². The van der Waals surface area contributed by atoms with Gasteiger partial charge in [0.25, 0.3) is 0 Å². The van der Waals surface area contributed by atoms with Crippen LogP contribution in [0.15, 0.2) is 24.3 Å². The van der Waals surface area contributed by atoms with Gasteiger partial charge in [0.15, 0.2) is 5.78 Å². The second-order valence-electron chi connectivity index (χ2n) is 3.09. The third-order valence-electron chi connectivity index (χ3n) is 2.04. The Kier molecular flexibility index (Phi) is 11.8. The first kappa shape index (κ1) is 18.0. The first-order valence-corrected chi connectivity index (χ1v) is 6.40. The molecule has 0 atom stereocenters. The van der Waals surface area contributed by atoms with Crippen molar-refractivity contribution in [2.45, 2.75) is 48.5 Å². The molecule has 1 nitrogen and oxygen atoms in total. The van der Waals surface area contributed by atoms with E-state index in [4.69, 9.17) is 0 Å². The van der Waals surface area contributed by atoms with Crippen LogP contribution in [-0.2, 0) is 0 Å². The first-order chi connectivity index (χ1) is 8.16. The molecule has 0 aliphatic rings. The van der Waals surface area contributed by atoms with Crippen LogP contribution in [0.3, 0.4) is 0 Å². The minimum absolute atomic E-state index is 0.122. The number of carbonyl (C=O) groups is 1. The van der Waals surface area contributed by atoms with E-state index in [-0.39, 0.29) is 5.78 Å². The van der Waals surface area contributed by atoms with Crippen LogP contribution in [0.2, 0.25) is 0 Å². The second kappa shape index (κ2) is 11.1. The van der Waals surface area contributed by atoms with Crippen molar-refractivity contribution in [1.29, 1.82) is 0 Å². The Morgan fingerprint density at radius 1 is 1.12 bits per heavy atom. The highest BCUT2D eigenvalue weighted by atomic mass is 16.1. The molecule has 1 aromatic rings. The summed E-state index contributed by atoms with van der Waals surface area (Å²) in [4.78, 5) is 11.3. The first-order valence-electron chi connectivity index (χ1n) is 6.40. The molecular weight excluding hydrogens is 208 g/mol. The van der Waals surface area contributed by atoms with Gasteiger partial charge < -0.3 is 0 Å². The highest BCUT2D eigenvalue weighted by molar-refractivity contribution is 5.98. The number of hydrogen-bond acceptors (Lipinski definition) is 1. The molecule has 0 radical (unpaired) electrons. The SMILES string of the molecule is C/C=C\c1c(C)cccc1C(C)=O.CC.CC. The van der Waals surface area contributed by atoms with E-state index in [0.29, 0.717) is 0 Å². The van der Waals surface area contributed by atoms with Gasteiger partial charge in [-0.1, -0.05) is 58.0 Å². The monoisotopic (exact) mass is 234 g/mol. The molecule has 0 aliphatic heterocycles. The van der Waals surface area contributed by atoms with Crippen LogP contribution in [-0.4, -0.2) is 5.78 Å². The molecule has 0 fully saturated rings. The third-order valence-corrected chi connectivity index (χ3v) is 2.04. The minimum atomic E-state index is 0.122. The summed E-state index contributed by atoms with van der Waals surface area (Å²) < 4.78 is 0. The van der Waals surface area contributed by atoms with E-state index in [1.807, 2.05) is 71.9 Å². The van der Waals surface area contributed by atoms with Gasteiger partial charge in [-0.15, -0.1) is 0 Å². The van der Waals surface area contributed by atoms with E-state index < -0.39 is 0 Å². The van der Waals surface area contributed by atoms with Gasteiger partial charge in [0, 0.05) is 5.56 Å². The van der Waals surface area contributed by atoms with Gasteiger partial charge in [0.1, 0.15) is 0 Å². The zero-order valence-corrected chi connectivity index (χ0v) is 12.3. The van der Waals surface area contributed by atoms with E-state index >= 15 is 0 Å². The molecule has 96 valence electrons. The quantitative estimate of drug-likeness (QED) is 0.636. The molecule has 0 bridgehead atoms. The lowest BCUT2D eigenvalue weighted by Gasteiger charge is -2.05. The van der Waals surface area contributed by atoms with Crippen LogP contribution < -0.4 is 0 Å². The molecule has 17 heavy (non-hydrogen) atoms. The molecule has 0 aliphatic carbocycles. The molecule has 0 heterocycles. The number of aryl methyl sites for hydroxylation is 1. The Morgan fingerprint density at radius 3 is 2.06 bits per heavy atom. The van der Waals surface area contributed by atoms with E-state index in [9.17, 15) is 4.79 Å². The predicted molar refractivity (Wildman–Crippen MR) is 78.6 cm³/mol. The molecule has 1 rings (SSSR count). The lowest BCUT2D eigenvalue weighted by Crippen LogP contribution is -1.97. The second-order valence-corrected chi connectivity index (χ2v) is 3.09.